The molecule has 4 rings (SSSR count). The number of nitrogens with zero attached hydrogens (tertiary/aromatic N) is 2. The van der Waals surface area contributed by atoms with E-state index in [0.29, 0.717) is 0 Å². The number of nitrogens with one attached hydrogen (secondary N) is 2. The van der Waals surface area contributed by atoms with E-state index < -0.39 is 11.9 Å². The van der Waals surface area contributed by atoms with Crippen molar-refractivity contribution in [3.8, 4) is 0 Å². The molecule has 0 spiro atoms. The third-order valence-corrected chi connectivity index (χ3v) is 4.59. The topological polar surface area (TPSA) is 137 Å². The molecule has 0 aliphatic rings. The molecule has 0 atom stereocenters. The van der Waals surface area contributed by atoms with Gasteiger partial charge in [-0.15, -0.1) is 0 Å². The van der Waals surface area contributed by atoms with E-state index in [-0.39, 0.29) is 42.7 Å². The van der Waals surface area contributed by atoms with Gasteiger partial charge in [-0.2, -0.15) is 0 Å². The summed E-state index contributed by atoms with van der Waals surface area (Å²) in [6.45, 7) is 0.504. The summed E-state index contributed by atoms with van der Waals surface area (Å²) in [4.78, 5) is 34.7. The molecule has 2 aromatic heterocycles. The number of aromatic nitrogens is 2. The molecule has 0 bridgehead atoms. The molecule has 4 aromatic rings. The monoisotopic (exact) mass is 489 g/mol. The second-order valence-corrected chi connectivity index (χ2v) is 6.89. The van der Waals surface area contributed by atoms with Crippen LogP contribution in [0.3, 0.4) is 0 Å². The average molecular weight is 489 g/mol. The van der Waals surface area contributed by atoms with E-state index in [1.165, 1.54) is 0 Å². The fourth-order valence-corrected chi connectivity index (χ4v) is 3.04. The van der Waals surface area contributed by atoms with Crippen LogP contribution in [0.1, 0.15) is 24.0 Å². The Morgan fingerprint density at radius 1 is 0.727 bits per heavy atom. The number of carboxylic acid groups (broad SMARTS) is 2. The van der Waals surface area contributed by atoms with Crippen molar-refractivity contribution < 1.29 is 36.6 Å². The van der Waals surface area contributed by atoms with E-state index in [9.17, 15) is 19.8 Å². The molecule has 0 fully saturated rings. The Morgan fingerprint density at radius 3 is 1.52 bits per heavy atom. The first-order valence-electron chi connectivity index (χ1n) is 10.1. The maximum atomic E-state index is 10.2. The molecule has 2 N–H and O–H groups in total. The van der Waals surface area contributed by atoms with Crippen molar-refractivity contribution in [3.05, 3.63) is 72.1 Å². The quantitative estimate of drug-likeness (QED) is 0.362. The molecule has 0 saturated carbocycles. The van der Waals surface area contributed by atoms with Crippen molar-refractivity contribution in [1.82, 2.24) is 9.97 Å². The van der Waals surface area contributed by atoms with Gasteiger partial charge in [-0.1, -0.05) is 36.4 Å². The van der Waals surface area contributed by atoms with Crippen LogP contribution >= 0.6 is 0 Å². The van der Waals surface area contributed by atoms with Gasteiger partial charge in [-0.25, -0.2) is 0 Å². The summed E-state index contributed by atoms with van der Waals surface area (Å²) in [6.07, 6.45) is 6.99. The molecule has 8 nitrogen and oxygen atoms in total. The molecular formula is C24H22CoN4O4. The van der Waals surface area contributed by atoms with Gasteiger partial charge in [0.05, 0.1) is 0 Å². The molecule has 0 aliphatic heterocycles. The van der Waals surface area contributed by atoms with Gasteiger partial charge in [0, 0.05) is 95.6 Å². The van der Waals surface area contributed by atoms with Crippen molar-refractivity contribution in [2.45, 2.75) is 12.8 Å². The minimum absolute atomic E-state index is 0. The Bertz CT molecular complexity index is 1160. The molecule has 171 valence electrons. The SMILES string of the molecule is O=C([O-])CCN=Cc1c[nH]c2ccccc12.O=C([O-])CCN=Cc1c[nH]c2ccccc12.[Co+2]. The van der Waals surface area contributed by atoms with Gasteiger partial charge in [-0.05, 0) is 12.1 Å². The molecular weight excluding hydrogens is 467 g/mol. The fourth-order valence-electron chi connectivity index (χ4n) is 3.04. The minimum atomic E-state index is -1.07. The summed E-state index contributed by atoms with van der Waals surface area (Å²) in [7, 11) is 0. The Balaban J connectivity index is 0.000000227. The predicted octanol–water partition coefficient (Wildman–Crippen LogP) is 1.45. The summed E-state index contributed by atoms with van der Waals surface area (Å²) in [5, 5.41) is 22.5. The third-order valence-electron chi connectivity index (χ3n) is 4.59. The molecule has 33 heavy (non-hydrogen) atoms. The molecule has 0 amide bonds. The molecule has 1 radical (unpaired) electrons. The van der Waals surface area contributed by atoms with Crippen LogP contribution in [0.15, 0.2) is 70.9 Å². The average Bonchev–Trinajstić information content (AvgIpc) is 3.39. The molecule has 0 saturated heterocycles. The number of benzene rings is 2. The standard InChI is InChI=1S/2C12H12N2O2.Co/c2*15-12(16)5-6-13-7-9-8-14-11-4-2-1-3-10(9)11;/h2*1-4,7-8,14H,5-6H2,(H,15,16);/q;;+2/p-2. The Kier molecular flexibility index (Phi) is 10.1. The van der Waals surface area contributed by atoms with Gasteiger partial charge in [0.1, 0.15) is 0 Å². The van der Waals surface area contributed by atoms with Crippen LogP contribution in [0.4, 0.5) is 0 Å². The largest absolute Gasteiger partial charge is 2.00 e. The van der Waals surface area contributed by atoms with Crippen LogP contribution in [0, 0.1) is 0 Å². The Labute approximate surface area is 200 Å². The number of aromatic amines is 2. The second kappa shape index (κ2) is 13.0. The van der Waals surface area contributed by atoms with Gasteiger partial charge >= 0.3 is 16.8 Å². The third kappa shape index (κ3) is 7.74. The normalized spacial score (nSPS) is 10.9. The van der Waals surface area contributed by atoms with Gasteiger partial charge < -0.3 is 29.8 Å². The van der Waals surface area contributed by atoms with Gasteiger partial charge in [0.25, 0.3) is 0 Å². The van der Waals surface area contributed by atoms with Gasteiger partial charge in [0.15, 0.2) is 0 Å². The zero-order valence-corrected chi connectivity index (χ0v) is 18.7. The number of carboxylic acids is 2. The first-order chi connectivity index (χ1) is 15.5. The number of hydrogen-bond donors (Lipinski definition) is 2. The van der Waals surface area contributed by atoms with Gasteiger partial charge in [-0.3, -0.25) is 9.98 Å². The fraction of sp³-hybridized carbons (Fsp3) is 0.167. The van der Waals surface area contributed by atoms with Crippen molar-refractivity contribution >= 4 is 46.2 Å². The number of aliphatic carboxylic acids is 2. The van der Waals surface area contributed by atoms with Crippen LogP contribution in [-0.4, -0.2) is 47.4 Å². The number of rotatable bonds is 8. The number of hydrogen-bond acceptors (Lipinski definition) is 6. The second-order valence-electron chi connectivity index (χ2n) is 6.89. The van der Waals surface area contributed by atoms with E-state index >= 15 is 0 Å². The maximum Gasteiger partial charge on any atom is 2.00 e. The van der Waals surface area contributed by atoms with Crippen LogP contribution in [0.25, 0.3) is 21.8 Å². The van der Waals surface area contributed by atoms with E-state index in [4.69, 9.17) is 0 Å². The van der Waals surface area contributed by atoms with Crippen LogP contribution in [-0.2, 0) is 26.4 Å². The van der Waals surface area contributed by atoms with Crippen LogP contribution in [0.2, 0.25) is 0 Å². The Morgan fingerprint density at radius 2 is 1.12 bits per heavy atom. The molecule has 2 heterocycles. The summed E-state index contributed by atoms with van der Waals surface area (Å²) in [6, 6.07) is 15.8. The zero-order valence-electron chi connectivity index (χ0n) is 17.6. The first-order valence-corrected chi connectivity index (χ1v) is 10.1. The summed E-state index contributed by atoms with van der Waals surface area (Å²) in [5.74, 6) is -2.15. The number of para-hydroxylation sites is 2. The van der Waals surface area contributed by atoms with Crippen molar-refractivity contribution in [3.63, 3.8) is 0 Å². The predicted molar refractivity (Wildman–Crippen MR) is 121 cm³/mol. The minimum Gasteiger partial charge on any atom is -0.550 e. The summed E-state index contributed by atoms with van der Waals surface area (Å²) in [5.41, 5.74) is 4.02. The van der Waals surface area contributed by atoms with E-state index in [1.807, 2.05) is 60.9 Å². The molecule has 0 unspecified atom stereocenters. The van der Waals surface area contributed by atoms with E-state index in [0.717, 1.165) is 32.9 Å². The number of H-pyrrole nitrogens is 2. The zero-order chi connectivity index (χ0) is 22.8. The van der Waals surface area contributed by atoms with Crippen molar-refractivity contribution in [1.29, 1.82) is 0 Å². The molecule has 2 aromatic carbocycles. The maximum absolute atomic E-state index is 10.2. The van der Waals surface area contributed by atoms with Crippen LogP contribution in [0.5, 0.6) is 0 Å². The Hall–Kier alpha value is -3.69. The number of carbonyl (C=O) groups excluding carboxylic acids is 2. The van der Waals surface area contributed by atoms with Crippen LogP contribution < -0.4 is 10.2 Å². The first kappa shape index (κ1) is 25.6. The van der Waals surface area contributed by atoms with Crippen molar-refractivity contribution in [2.75, 3.05) is 13.1 Å². The number of aliphatic imine (C=N–C) groups is 2. The van der Waals surface area contributed by atoms with E-state index in [1.54, 1.807) is 12.4 Å². The number of fused-ring (bicyclic) bond motifs is 2. The summed E-state index contributed by atoms with van der Waals surface area (Å²) < 4.78 is 0. The molecule has 0 aliphatic carbocycles. The smallest absolute Gasteiger partial charge is 0.550 e. The molecule has 9 heteroatoms. The summed E-state index contributed by atoms with van der Waals surface area (Å²) >= 11 is 0. The van der Waals surface area contributed by atoms with Gasteiger partial charge in [0.2, 0.25) is 0 Å². The van der Waals surface area contributed by atoms with Crippen molar-refractivity contribution in [2.24, 2.45) is 9.98 Å². The number of carbonyl (C=O) groups is 2. The van der Waals surface area contributed by atoms with E-state index in [2.05, 4.69) is 20.0 Å².